The predicted octanol–water partition coefficient (Wildman–Crippen LogP) is 7.29. The van der Waals surface area contributed by atoms with Crippen molar-refractivity contribution in [3.8, 4) is 0 Å². The van der Waals surface area contributed by atoms with Gasteiger partial charge in [0.1, 0.15) is 7.05 Å². The maximum atomic E-state index is 8.61. The molecule has 2 heteroatoms. The number of rotatable bonds is 4. The SMILES string of the molecule is [2H]C(=CC1=[N+](C)c2ccc(C)cc2C1(C)C)C([2H])=C([2H])C([2H])=C([2H])C=C1N(C)c2ccc(C)cc2C1(C)C. The number of aryl methyl sites for hydroxylation is 2. The molecular weight excluding hydrogens is 400 g/mol. The van der Waals surface area contributed by atoms with Gasteiger partial charge >= 0.3 is 0 Å². The molecule has 0 unspecified atom stereocenters. The van der Waals surface area contributed by atoms with Gasteiger partial charge in [0.05, 0.1) is 12.3 Å². The van der Waals surface area contributed by atoms with Crippen LogP contribution >= 0.6 is 0 Å². The fourth-order valence-corrected chi connectivity index (χ4v) is 5.13. The molecule has 0 radical (unpaired) electrons. The molecule has 2 nitrogen and oxygen atoms in total. The Bertz CT molecular complexity index is 1500. The molecule has 0 aliphatic carbocycles. The molecule has 0 N–H and O–H groups in total. The molecule has 0 spiro atoms. The van der Waals surface area contributed by atoms with E-state index in [1.54, 1.807) is 12.2 Å². The average Bonchev–Trinajstić information content (AvgIpc) is 3.16. The van der Waals surface area contributed by atoms with E-state index in [9.17, 15) is 0 Å². The summed E-state index contributed by atoms with van der Waals surface area (Å²) in [6.45, 7) is 12.5. The second-order valence-electron chi connectivity index (χ2n) is 10.1. The first-order valence-electron chi connectivity index (χ1n) is 13.9. The topological polar surface area (TPSA) is 6.25 Å². The van der Waals surface area contributed by atoms with E-state index in [-0.39, 0.29) is 35.0 Å². The van der Waals surface area contributed by atoms with Gasteiger partial charge in [-0.1, -0.05) is 73.4 Å². The zero-order chi connectivity index (χ0) is 28.3. The molecule has 0 amide bonds. The Labute approximate surface area is 207 Å². The van der Waals surface area contributed by atoms with Crippen molar-refractivity contribution >= 4 is 17.1 Å². The number of hydrogen-bond acceptors (Lipinski definition) is 1. The Morgan fingerprint density at radius 1 is 0.818 bits per heavy atom. The number of fused-ring (bicyclic) bond motifs is 2. The van der Waals surface area contributed by atoms with Gasteiger partial charge in [-0.25, -0.2) is 0 Å². The summed E-state index contributed by atoms with van der Waals surface area (Å²) in [7, 11) is 3.89. The van der Waals surface area contributed by atoms with Crippen molar-refractivity contribution in [2.24, 2.45) is 0 Å². The highest BCUT2D eigenvalue weighted by Crippen LogP contribution is 2.47. The highest BCUT2D eigenvalue weighted by molar-refractivity contribution is 6.03. The van der Waals surface area contributed by atoms with E-state index < -0.39 is 6.05 Å². The van der Waals surface area contributed by atoms with Crippen LogP contribution in [-0.4, -0.2) is 24.4 Å². The number of nitrogens with zero attached hydrogens (tertiary/aromatic N) is 2. The van der Waals surface area contributed by atoms with Crippen LogP contribution in [0.4, 0.5) is 11.4 Å². The van der Waals surface area contributed by atoms with E-state index in [4.69, 9.17) is 6.85 Å². The van der Waals surface area contributed by atoms with Crippen LogP contribution in [-0.2, 0) is 10.8 Å². The molecule has 0 saturated carbocycles. The van der Waals surface area contributed by atoms with Crippen LogP contribution in [0.2, 0.25) is 0 Å². The van der Waals surface area contributed by atoms with Crippen LogP contribution < -0.4 is 4.90 Å². The van der Waals surface area contributed by atoms with Crippen molar-refractivity contribution in [1.82, 2.24) is 0 Å². The number of likely N-dealkylation sites (N-methyl/N-ethyl adjacent to an activating group) is 1. The van der Waals surface area contributed by atoms with Gasteiger partial charge in [0.15, 0.2) is 5.71 Å². The van der Waals surface area contributed by atoms with Crippen molar-refractivity contribution < 1.29 is 11.4 Å². The summed E-state index contributed by atoms with van der Waals surface area (Å²) in [5.74, 6) is 0. The first kappa shape index (κ1) is 17.4. The van der Waals surface area contributed by atoms with Crippen molar-refractivity contribution in [3.63, 3.8) is 0 Å². The highest BCUT2D eigenvalue weighted by atomic mass is 15.2. The minimum Gasteiger partial charge on any atom is -0.347 e. The molecule has 2 heterocycles. The van der Waals surface area contributed by atoms with Gasteiger partial charge in [0, 0.05) is 41.6 Å². The quantitative estimate of drug-likeness (QED) is 0.356. The Kier molecular flexibility index (Phi) is 4.38. The third-order valence-corrected chi connectivity index (χ3v) is 7.06. The molecule has 0 aromatic heterocycles. The van der Waals surface area contributed by atoms with Gasteiger partial charge < -0.3 is 4.90 Å². The molecule has 33 heavy (non-hydrogen) atoms. The summed E-state index contributed by atoms with van der Waals surface area (Å²) in [4.78, 5) is 2.02. The predicted molar refractivity (Wildman–Crippen MR) is 143 cm³/mol. The summed E-state index contributed by atoms with van der Waals surface area (Å²) in [6, 6.07) is 11.0. The number of anilines is 1. The highest BCUT2D eigenvalue weighted by Gasteiger charge is 2.42. The molecule has 170 valence electrons. The molecule has 2 aromatic carbocycles. The fourth-order valence-electron chi connectivity index (χ4n) is 5.13. The summed E-state index contributed by atoms with van der Waals surface area (Å²) in [5, 5.41) is 0. The zero-order valence-corrected chi connectivity index (χ0v) is 21.0. The first-order valence-corrected chi connectivity index (χ1v) is 11.4. The minimum absolute atomic E-state index is 0.152. The normalized spacial score (nSPS) is 23.8. The van der Waals surface area contributed by atoms with Gasteiger partial charge in [-0.05, 0) is 51.5 Å². The maximum absolute atomic E-state index is 8.61. The van der Waals surface area contributed by atoms with E-state index in [1.807, 2.05) is 23.6 Å². The molecule has 0 bridgehead atoms. The largest absolute Gasteiger partial charge is 0.347 e. The van der Waals surface area contributed by atoms with Gasteiger partial charge in [-0.15, -0.1) is 0 Å². The van der Waals surface area contributed by atoms with Crippen LogP contribution in [0.1, 0.15) is 56.8 Å². The van der Waals surface area contributed by atoms with E-state index in [0.717, 1.165) is 45.0 Å². The Hall–Kier alpha value is -3.13. The lowest BCUT2D eigenvalue weighted by Gasteiger charge is -2.23. The molecular formula is C31H37N2+. The second kappa shape index (κ2) is 8.33. The lowest BCUT2D eigenvalue weighted by Crippen LogP contribution is -2.26. The lowest BCUT2D eigenvalue weighted by atomic mass is 9.81. The molecule has 2 aromatic rings. The third kappa shape index (κ3) is 3.93. The van der Waals surface area contributed by atoms with Crippen molar-refractivity contribution in [3.05, 3.63) is 107 Å². The van der Waals surface area contributed by atoms with Crippen LogP contribution in [0.5, 0.6) is 0 Å². The molecule has 0 fully saturated rings. The van der Waals surface area contributed by atoms with Crippen LogP contribution in [0.25, 0.3) is 0 Å². The van der Waals surface area contributed by atoms with Crippen molar-refractivity contribution in [1.29, 1.82) is 0 Å². The maximum Gasteiger partial charge on any atom is 0.209 e. The van der Waals surface area contributed by atoms with E-state index in [2.05, 4.69) is 77.9 Å². The standard InChI is InChI=1S/C31H37N2/c1-22-16-18-26-24(20-22)30(3,4)28(32(26)7)14-12-10-9-11-13-15-29-31(5,6)25-21-23(2)17-19-27(25)33(29)8/h9-21H,1-8H3/q+1/i9D,10D,11D,12D,13D. The zero-order valence-electron chi connectivity index (χ0n) is 26.0. The summed E-state index contributed by atoms with van der Waals surface area (Å²) >= 11 is 0. The molecule has 0 atom stereocenters. The second-order valence-corrected chi connectivity index (χ2v) is 10.1. The molecule has 4 rings (SSSR count). The van der Waals surface area contributed by atoms with Crippen LogP contribution in [0, 0.1) is 13.8 Å². The number of hydrogen-bond donors (Lipinski definition) is 0. The van der Waals surface area contributed by atoms with Gasteiger partial charge in [-0.2, -0.15) is 4.58 Å². The monoisotopic (exact) mass is 442 g/mol. The van der Waals surface area contributed by atoms with Gasteiger partial charge in [0.25, 0.3) is 0 Å². The first-order chi connectivity index (χ1) is 17.6. The van der Waals surface area contributed by atoms with E-state index in [1.165, 1.54) is 0 Å². The van der Waals surface area contributed by atoms with E-state index in [0.29, 0.717) is 0 Å². The summed E-state index contributed by atoms with van der Waals surface area (Å²) in [5.41, 5.74) is 7.70. The summed E-state index contributed by atoms with van der Waals surface area (Å²) < 4.78 is 44.8. The Balaban J connectivity index is 1.72. The number of allylic oxidation sites excluding steroid dienone is 8. The van der Waals surface area contributed by atoms with Gasteiger partial charge in [-0.3, -0.25) is 0 Å². The minimum atomic E-state index is -0.438. The lowest BCUT2D eigenvalue weighted by molar-refractivity contribution is -0.401. The van der Waals surface area contributed by atoms with Gasteiger partial charge in [0.2, 0.25) is 5.69 Å². The fraction of sp³-hybridized carbons (Fsp3) is 0.323. The number of benzene rings is 2. The molecule has 2 aliphatic rings. The van der Waals surface area contributed by atoms with Crippen molar-refractivity contribution in [2.75, 3.05) is 19.0 Å². The Morgan fingerprint density at radius 3 is 2.15 bits per heavy atom. The average molecular weight is 443 g/mol. The van der Waals surface area contributed by atoms with Crippen LogP contribution in [0.15, 0.2) is 84.5 Å². The molecule has 2 aliphatic heterocycles. The third-order valence-electron chi connectivity index (χ3n) is 7.06. The van der Waals surface area contributed by atoms with Crippen LogP contribution in [0.3, 0.4) is 0 Å². The molecule has 0 saturated heterocycles. The summed E-state index contributed by atoms with van der Waals surface area (Å²) in [6.07, 6.45) is 3.24. The smallest absolute Gasteiger partial charge is 0.209 e. The van der Waals surface area contributed by atoms with E-state index >= 15 is 0 Å². The Morgan fingerprint density at radius 2 is 1.42 bits per heavy atom. The van der Waals surface area contributed by atoms with Crippen molar-refractivity contribution in [2.45, 2.75) is 52.4 Å².